The third-order valence-electron chi connectivity index (χ3n) is 4.00. The Labute approximate surface area is 119 Å². The van der Waals surface area contributed by atoms with E-state index in [-0.39, 0.29) is 0 Å². The van der Waals surface area contributed by atoms with Gasteiger partial charge < -0.3 is 16.4 Å². The van der Waals surface area contributed by atoms with Crippen molar-refractivity contribution < 1.29 is 4.79 Å². The molecule has 110 valence electrons. The first-order valence-electron chi connectivity index (χ1n) is 7.11. The number of hydrogen-bond donors (Lipinski definition) is 2. The van der Waals surface area contributed by atoms with Gasteiger partial charge in [-0.15, -0.1) is 0 Å². The van der Waals surface area contributed by atoms with E-state index < -0.39 is 5.91 Å². The average molecular weight is 277 g/mol. The minimum absolute atomic E-state index is 0.334. The van der Waals surface area contributed by atoms with Crippen molar-refractivity contribution >= 4 is 17.4 Å². The molecular formula is C14H23N5O. The number of aromatic nitrogens is 1. The molecule has 0 bridgehead atoms. The van der Waals surface area contributed by atoms with Gasteiger partial charge in [-0.1, -0.05) is 13.8 Å². The maximum absolute atomic E-state index is 11.3. The van der Waals surface area contributed by atoms with Crippen molar-refractivity contribution in [2.45, 2.75) is 26.3 Å². The summed E-state index contributed by atoms with van der Waals surface area (Å²) in [6.07, 6.45) is 2.62. The molecule has 0 aliphatic carbocycles. The summed E-state index contributed by atoms with van der Waals surface area (Å²) < 4.78 is 0. The minimum Gasteiger partial charge on any atom is -0.397 e. The third-order valence-corrected chi connectivity index (χ3v) is 4.00. The number of hydrogen-bond acceptors (Lipinski definition) is 5. The maximum Gasteiger partial charge on any atom is 0.250 e. The van der Waals surface area contributed by atoms with Crippen LogP contribution in [0.2, 0.25) is 0 Å². The fourth-order valence-corrected chi connectivity index (χ4v) is 2.83. The third kappa shape index (κ3) is 2.85. The molecule has 2 heterocycles. The summed E-state index contributed by atoms with van der Waals surface area (Å²) in [6.45, 7) is 8.33. The number of carbonyl (C=O) groups excluding carboxylic acids is 1. The molecule has 0 radical (unpaired) electrons. The van der Waals surface area contributed by atoms with Crippen molar-refractivity contribution in [3.63, 3.8) is 0 Å². The van der Waals surface area contributed by atoms with Crippen LogP contribution < -0.4 is 16.4 Å². The largest absolute Gasteiger partial charge is 0.397 e. The molecule has 4 N–H and O–H groups in total. The number of nitrogen functional groups attached to an aromatic ring is 1. The first-order valence-corrected chi connectivity index (χ1v) is 7.11. The van der Waals surface area contributed by atoms with Crippen LogP contribution in [-0.2, 0) is 0 Å². The van der Waals surface area contributed by atoms with Gasteiger partial charge in [-0.05, 0) is 25.6 Å². The van der Waals surface area contributed by atoms with E-state index in [0.717, 1.165) is 38.4 Å². The molecule has 1 aromatic heterocycles. The number of anilines is 2. The Bertz CT molecular complexity index is 486. The summed E-state index contributed by atoms with van der Waals surface area (Å²) >= 11 is 0. The molecule has 1 amide bonds. The Morgan fingerprint density at radius 1 is 1.50 bits per heavy atom. The van der Waals surface area contributed by atoms with Crippen LogP contribution in [-0.4, -0.2) is 48.0 Å². The monoisotopic (exact) mass is 277 g/mol. The van der Waals surface area contributed by atoms with Crippen molar-refractivity contribution in [3.05, 3.63) is 17.8 Å². The zero-order valence-electron chi connectivity index (χ0n) is 12.2. The molecule has 1 saturated heterocycles. The van der Waals surface area contributed by atoms with E-state index >= 15 is 0 Å². The summed E-state index contributed by atoms with van der Waals surface area (Å²) in [5.41, 5.74) is 11.7. The summed E-state index contributed by atoms with van der Waals surface area (Å²) in [4.78, 5) is 20.3. The molecule has 1 unspecified atom stereocenters. The first-order chi connectivity index (χ1) is 9.56. The van der Waals surface area contributed by atoms with Crippen LogP contribution >= 0.6 is 0 Å². The molecule has 0 saturated carbocycles. The second kappa shape index (κ2) is 6.09. The molecule has 1 aromatic rings. The highest BCUT2D eigenvalue weighted by atomic mass is 16.1. The van der Waals surface area contributed by atoms with E-state index in [4.69, 9.17) is 11.5 Å². The van der Waals surface area contributed by atoms with Crippen LogP contribution in [0.3, 0.4) is 0 Å². The average Bonchev–Trinajstić information content (AvgIpc) is 2.90. The molecule has 6 heteroatoms. The standard InChI is InChI=1S/C14H23N5O/c1-3-18(4-2)10-5-6-19(9-10)13-7-11(14(16)20)12(15)8-17-13/h7-8,10H,3-6,9,15H2,1-2H3,(H2,16,20). The number of nitrogens with two attached hydrogens (primary N) is 2. The van der Waals surface area contributed by atoms with E-state index in [1.165, 1.54) is 6.20 Å². The topological polar surface area (TPSA) is 88.5 Å². The van der Waals surface area contributed by atoms with Crippen molar-refractivity contribution in [2.24, 2.45) is 5.73 Å². The van der Waals surface area contributed by atoms with Crippen molar-refractivity contribution in [3.8, 4) is 0 Å². The fraction of sp³-hybridized carbons (Fsp3) is 0.571. The summed E-state index contributed by atoms with van der Waals surface area (Å²) in [7, 11) is 0. The molecule has 2 rings (SSSR count). The van der Waals surface area contributed by atoms with Gasteiger partial charge in [0.1, 0.15) is 5.82 Å². The van der Waals surface area contributed by atoms with Crippen LogP contribution in [0.25, 0.3) is 0 Å². The Morgan fingerprint density at radius 3 is 2.80 bits per heavy atom. The van der Waals surface area contributed by atoms with Gasteiger partial charge in [0.05, 0.1) is 17.4 Å². The van der Waals surface area contributed by atoms with Crippen LogP contribution in [0.15, 0.2) is 12.3 Å². The van der Waals surface area contributed by atoms with E-state index in [2.05, 4.69) is 28.6 Å². The molecule has 20 heavy (non-hydrogen) atoms. The molecule has 0 spiro atoms. The normalized spacial score (nSPS) is 18.8. The number of carbonyl (C=O) groups is 1. The quantitative estimate of drug-likeness (QED) is 0.826. The van der Waals surface area contributed by atoms with Crippen molar-refractivity contribution in [1.29, 1.82) is 0 Å². The molecule has 1 atom stereocenters. The van der Waals surface area contributed by atoms with Crippen LogP contribution in [0, 0.1) is 0 Å². The van der Waals surface area contributed by atoms with Gasteiger partial charge in [0, 0.05) is 19.1 Å². The van der Waals surface area contributed by atoms with Gasteiger partial charge >= 0.3 is 0 Å². The lowest BCUT2D eigenvalue weighted by Crippen LogP contribution is -2.37. The number of primary amides is 1. The summed E-state index contributed by atoms with van der Waals surface area (Å²) in [6, 6.07) is 2.24. The van der Waals surface area contributed by atoms with E-state index in [9.17, 15) is 4.79 Å². The highest BCUT2D eigenvalue weighted by Crippen LogP contribution is 2.23. The number of likely N-dealkylation sites (N-methyl/N-ethyl adjacent to an activating group) is 1. The smallest absolute Gasteiger partial charge is 0.250 e. The fourth-order valence-electron chi connectivity index (χ4n) is 2.83. The van der Waals surface area contributed by atoms with Gasteiger partial charge in [-0.2, -0.15) is 0 Å². The first kappa shape index (κ1) is 14.6. The molecule has 1 aliphatic rings. The lowest BCUT2D eigenvalue weighted by molar-refractivity contribution is 0.100. The van der Waals surface area contributed by atoms with Crippen LogP contribution in [0.1, 0.15) is 30.6 Å². The SMILES string of the molecule is CCN(CC)C1CCN(c2cc(C(N)=O)c(N)cn2)C1. The van der Waals surface area contributed by atoms with Gasteiger partial charge in [0.15, 0.2) is 0 Å². The van der Waals surface area contributed by atoms with E-state index in [1.807, 2.05) is 0 Å². The zero-order valence-corrected chi connectivity index (χ0v) is 12.2. The number of nitrogens with zero attached hydrogens (tertiary/aromatic N) is 3. The number of pyridine rings is 1. The molecular weight excluding hydrogens is 254 g/mol. The number of amides is 1. The summed E-state index contributed by atoms with van der Waals surface area (Å²) in [5, 5.41) is 0. The highest BCUT2D eigenvalue weighted by Gasteiger charge is 2.27. The molecule has 6 nitrogen and oxygen atoms in total. The Kier molecular flexibility index (Phi) is 4.44. The second-order valence-corrected chi connectivity index (χ2v) is 5.10. The van der Waals surface area contributed by atoms with E-state index in [1.54, 1.807) is 6.07 Å². The van der Waals surface area contributed by atoms with Crippen LogP contribution in [0.5, 0.6) is 0 Å². The maximum atomic E-state index is 11.3. The summed E-state index contributed by atoms with van der Waals surface area (Å²) in [5.74, 6) is 0.272. The van der Waals surface area contributed by atoms with Gasteiger partial charge in [0.2, 0.25) is 0 Å². The Hall–Kier alpha value is -1.82. The number of rotatable bonds is 5. The van der Waals surface area contributed by atoms with Gasteiger partial charge in [-0.3, -0.25) is 9.69 Å². The lowest BCUT2D eigenvalue weighted by atomic mass is 10.2. The van der Waals surface area contributed by atoms with Gasteiger partial charge in [-0.25, -0.2) is 4.98 Å². The predicted octanol–water partition coefficient (Wildman–Crippen LogP) is 0.683. The van der Waals surface area contributed by atoms with Crippen LogP contribution in [0.4, 0.5) is 11.5 Å². The Balaban J connectivity index is 2.14. The zero-order chi connectivity index (χ0) is 14.7. The van der Waals surface area contributed by atoms with Crippen molar-refractivity contribution in [2.75, 3.05) is 36.8 Å². The van der Waals surface area contributed by atoms with E-state index in [0.29, 0.717) is 17.3 Å². The molecule has 1 aliphatic heterocycles. The minimum atomic E-state index is -0.509. The van der Waals surface area contributed by atoms with Gasteiger partial charge in [0.25, 0.3) is 5.91 Å². The lowest BCUT2D eigenvalue weighted by Gasteiger charge is -2.26. The molecule has 1 fully saturated rings. The second-order valence-electron chi connectivity index (χ2n) is 5.10. The molecule has 0 aromatic carbocycles. The van der Waals surface area contributed by atoms with Crippen molar-refractivity contribution in [1.82, 2.24) is 9.88 Å². The highest BCUT2D eigenvalue weighted by molar-refractivity contribution is 5.98. The predicted molar refractivity (Wildman–Crippen MR) is 80.7 cm³/mol. The Morgan fingerprint density at radius 2 is 2.20 bits per heavy atom.